The van der Waals surface area contributed by atoms with Gasteiger partial charge in [-0.2, -0.15) is 0 Å². The third-order valence-corrected chi connectivity index (χ3v) is 8.75. The second-order valence-electron chi connectivity index (χ2n) is 10.3. The van der Waals surface area contributed by atoms with Gasteiger partial charge in [0.1, 0.15) is 5.82 Å². The molecule has 200 valence electrons. The van der Waals surface area contributed by atoms with Crippen LogP contribution in [0, 0.1) is 0 Å². The number of nitrogens with one attached hydrogen (secondary N) is 2. The van der Waals surface area contributed by atoms with Crippen LogP contribution in [0.5, 0.6) is 0 Å². The van der Waals surface area contributed by atoms with E-state index in [1.165, 1.54) is 21.4 Å². The molecular formula is C31H34N6OS. The number of fused-ring (bicyclic) bond motifs is 1. The number of aryl methyl sites for hydroxylation is 2. The highest BCUT2D eigenvalue weighted by Gasteiger charge is 2.31. The number of rotatable bonds is 11. The van der Waals surface area contributed by atoms with Crippen molar-refractivity contribution in [2.75, 3.05) is 13.1 Å². The third-order valence-electron chi connectivity index (χ3n) is 7.89. The van der Waals surface area contributed by atoms with E-state index in [1.54, 1.807) is 11.3 Å². The maximum absolute atomic E-state index is 11.1. The first-order chi connectivity index (χ1) is 19.3. The molecule has 1 saturated heterocycles. The summed E-state index contributed by atoms with van der Waals surface area (Å²) in [7, 11) is 0. The van der Waals surface area contributed by atoms with Crippen LogP contribution in [-0.2, 0) is 30.6 Å². The van der Waals surface area contributed by atoms with E-state index in [0.717, 1.165) is 75.3 Å². The van der Waals surface area contributed by atoms with Crippen LogP contribution < -0.4 is 5.32 Å². The summed E-state index contributed by atoms with van der Waals surface area (Å²) in [5.41, 5.74) is 3.76. The largest absolute Gasteiger partial charge is 0.361 e. The van der Waals surface area contributed by atoms with Gasteiger partial charge < -0.3 is 14.9 Å². The van der Waals surface area contributed by atoms with E-state index < -0.39 is 0 Å². The highest BCUT2D eigenvalue weighted by Crippen LogP contribution is 2.31. The van der Waals surface area contributed by atoms with Crippen molar-refractivity contribution in [3.8, 4) is 0 Å². The quantitative estimate of drug-likeness (QED) is 0.228. The molecule has 39 heavy (non-hydrogen) atoms. The average Bonchev–Trinajstić information content (AvgIpc) is 3.73. The van der Waals surface area contributed by atoms with Gasteiger partial charge in [-0.05, 0) is 54.3 Å². The van der Waals surface area contributed by atoms with Gasteiger partial charge in [0.15, 0.2) is 5.82 Å². The Labute approximate surface area is 232 Å². The number of aromatic nitrogens is 4. The minimum atomic E-state index is 0.0827. The van der Waals surface area contributed by atoms with E-state index in [2.05, 4.69) is 98.1 Å². The maximum atomic E-state index is 11.1. The molecule has 1 aliphatic heterocycles. The summed E-state index contributed by atoms with van der Waals surface area (Å²) in [6, 6.07) is 23.7. The molecule has 7 nitrogen and oxygen atoms in total. The van der Waals surface area contributed by atoms with Gasteiger partial charge in [-0.1, -0.05) is 54.6 Å². The number of para-hydroxylation sites is 1. The van der Waals surface area contributed by atoms with Crippen LogP contribution in [-0.4, -0.2) is 50.2 Å². The predicted octanol–water partition coefficient (Wildman–Crippen LogP) is 5.15. The Morgan fingerprint density at radius 1 is 1.00 bits per heavy atom. The van der Waals surface area contributed by atoms with Crippen molar-refractivity contribution in [3.63, 3.8) is 0 Å². The Kier molecular flexibility index (Phi) is 7.83. The van der Waals surface area contributed by atoms with Crippen LogP contribution in [0.15, 0.2) is 78.3 Å². The monoisotopic (exact) mass is 538 g/mol. The molecule has 0 bridgehead atoms. The van der Waals surface area contributed by atoms with Gasteiger partial charge in [-0.25, -0.2) is 0 Å². The van der Waals surface area contributed by atoms with Gasteiger partial charge >= 0.3 is 0 Å². The molecule has 0 aliphatic carbocycles. The van der Waals surface area contributed by atoms with Crippen LogP contribution in [0.3, 0.4) is 0 Å². The summed E-state index contributed by atoms with van der Waals surface area (Å²) in [6.07, 6.45) is 7.46. The molecule has 0 saturated carbocycles. The molecular weight excluding hydrogens is 504 g/mol. The third kappa shape index (κ3) is 5.82. The van der Waals surface area contributed by atoms with E-state index in [9.17, 15) is 4.79 Å². The van der Waals surface area contributed by atoms with Crippen molar-refractivity contribution < 1.29 is 4.79 Å². The first-order valence-corrected chi connectivity index (χ1v) is 14.6. The van der Waals surface area contributed by atoms with Crippen LogP contribution in [0.25, 0.3) is 10.9 Å². The lowest BCUT2D eigenvalue weighted by molar-refractivity contribution is -0.110. The first-order valence-electron chi connectivity index (χ1n) is 13.8. The number of carbonyl (C=O) groups is 1. The van der Waals surface area contributed by atoms with Crippen molar-refractivity contribution >= 4 is 28.6 Å². The van der Waals surface area contributed by atoms with Gasteiger partial charge in [0, 0.05) is 47.5 Å². The second kappa shape index (κ2) is 12.0. The molecule has 1 aliphatic rings. The molecule has 2 N–H and O–H groups in total. The zero-order valence-electron chi connectivity index (χ0n) is 22.0. The summed E-state index contributed by atoms with van der Waals surface area (Å²) >= 11 is 1.78. The number of benzene rings is 2. The van der Waals surface area contributed by atoms with Crippen molar-refractivity contribution in [1.82, 2.24) is 30.0 Å². The van der Waals surface area contributed by atoms with Crippen LogP contribution >= 0.6 is 11.3 Å². The normalized spacial score (nSPS) is 15.5. The molecule has 8 heteroatoms. The van der Waals surface area contributed by atoms with Gasteiger partial charge in [0.25, 0.3) is 0 Å². The summed E-state index contributed by atoms with van der Waals surface area (Å²) in [5, 5.41) is 16.1. The number of aromatic amines is 1. The predicted molar refractivity (Wildman–Crippen MR) is 156 cm³/mol. The fourth-order valence-corrected chi connectivity index (χ4v) is 6.47. The Hall–Kier alpha value is -3.75. The minimum absolute atomic E-state index is 0.0827. The van der Waals surface area contributed by atoms with E-state index in [1.807, 2.05) is 0 Å². The van der Waals surface area contributed by atoms with Gasteiger partial charge in [-0.3, -0.25) is 9.69 Å². The summed E-state index contributed by atoms with van der Waals surface area (Å²) in [4.78, 5) is 18.4. The number of thiophene rings is 1. The molecule has 5 aromatic rings. The van der Waals surface area contributed by atoms with Crippen molar-refractivity contribution in [2.24, 2.45) is 0 Å². The molecule has 1 atom stereocenters. The number of likely N-dealkylation sites (tertiary alicyclic amines) is 1. The molecule has 3 aromatic heterocycles. The topological polar surface area (TPSA) is 78.8 Å². The highest BCUT2D eigenvalue weighted by atomic mass is 32.1. The number of H-pyrrole nitrogens is 1. The second-order valence-corrected chi connectivity index (χ2v) is 11.3. The smallest absolute Gasteiger partial charge is 0.207 e. The lowest BCUT2D eigenvalue weighted by Crippen LogP contribution is -2.44. The highest BCUT2D eigenvalue weighted by molar-refractivity contribution is 7.09. The van der Waals surface area contributed by atoms with Gasteiger partial charge in [-0.15, -0.1) is 21.5 Å². The molecule has 1 amide bonds. The number of nitrogens with zero attached hydrogens (tertiary/aromatic N) is 4. The molecule has 0 spiro atoms. The lowest BCUT2D eigenvalue weighted by atomic mass is 9.98. The van der Waals surface area contributed by atoms with Gasteiger partial charge in [0.05, 0.1) is 12.6 Å². The average molecular weight is 539 g/mol. The number of amides is 1. The molecule has 0 radical (unpaired) electrons. The summed E-state index contributed by atoms with van der Waals surface area (Å²) in [6.45, 7) is 2.59. The first kappa shape index (κ1) is 25.5. The van der Waals surface area contributed by atoms with Crippen molar-refractivity contribution in [1.29, 1.82) is 0 Å². The Balaban J connectivity index is 1.35. The standard InChI is InChI=1S/C31H34N6OS/c38-22-33-25-14-16-36(17-15-25)29(19-24-20-32-28-11-5-4-10-27(24)28)31-35-34-30(13-12-23-7-2-1-3-8-23)37(31)21-26-9-6-18-39-26/h1-11,18,20,22,25,29,32H,12-17,19,21H2,(H,33,38)/t29-/m1/s1. The van der Waals surface area contributed by atoms with Crippen LogP contribution in [0.2, 0.25) is 0 Å². The summed E-state index contributed by atoms with van der Waals surface area (Å²) in [5.74, 6) is 2.06. The Morgan fingerprint density at radius 3 is 2.62 bits per heavy atom. The fraction of sp³-hybridized carbons (Fsp3) is 0.323. The van der Waals surface area contributed by atoms with Crippen LogP contribution in [0.4, 0.5) is 0 Å². The van der Waals surface area contributed by atoms with E-state index >= 15 is 0 Å². The summed E-state index contributed by atoms with van der Waals surface area (Å²) < 4.78 is 2.37. The molecule has 6 rings (SSSR count). The zero-order valence-corrected chi connectivity index (χ0v) is 22.8. The zero-order chi connectivity index (χ0) is 26.4. The number of hydrogen-bond acceptors (Lipinski definition) is 5. The van der Waals surface area contributed by atoms with E-state index in [0.29, 0.717) is 0 Å². The lowest BCUT2D eigenvalue weighted by Gasteiger charge is -2.37. The molecule has 1 fully saturated rings. The van der Waals surface area contributed by atoms with E-state index in [4.69, 9.17) is 10.2 Å². The fourth-order valence-electron chi connectivity index (χ4n) is 5.78. The number of carbonyl (C=O) groups excluding carboxylic acids is 1. The minimum Gasteiger partial charge on any atom is -0.361 e. The van der Waals surface area contributed by atoms with Gasteiger partial charge in [0.2, 0.25) is 6.41 Å². The molecule has 4 heterocycles. The SMILES string of the molecule is O=CNC1CCN([C@H](Cc2c[nH]c3ccccc23)c2nnc(CCc3ccccc3)n2Cc2cccs2)CC1. The van der Waals surface area contributed by atoms with Crippen molar-refractivity contribution in [2.45, 2.75) is 50.7 Å². The molecule has 0 unspecified atom stereocenters. The van der Waals surface area contributed by atoms with Crippen molar-refractivity contribution in [3.05, 3.63) is 106 Å². The Morgan fingerprint density at radius 2 is 1.82 bits per heavy atom. The van der Waals surface area contributed by atoms with Crippen LogP contribution in [0.1, 0.15) is 46.5 Å². The maximum Gasteiger partial charge on any atom is 0.207 e. The number of hydrogen-bond donors (Lipinski definition) is 2. The van der Waals surface area contributed by atoms with E-state index in [-0.39, 0.29) is 12.1 Å². The number of piperidine rings is 1. The molecule has 2 aromatic carbocycles. The Bertz CT molecular complexity index is 1480.